The minimum Gasteiger partial charge on any atom is -0.352 e. The monoisotopic (exact) mass is 323 g/mol. The highest BCUT2D eigenvalue weighted by atomic mass is 35.5. The smallest absolute Gasteiger partial charge is 0.287 e. The Bertz CT molecular complexity index is 701. The molecule has 2 N–H and O–H groups in total. The molecule has 0 radical (unpaired) electrons. The lowest BCUT2D eigenvalue weighted by Crippen LogP contribution is -2.24. The van der Waals surface area contributed by atoms with Crippen molar-refractivity contribution in [1.82, 2.24) is 20.5 Å². The molecule has 0 spiro atoms. The first-order valence-electron chi connectivity index (χ1n) is 6.57. The summed E-state index contributed by atoms with van der Waals surface area (Å²) in [5.41, 5.74) is 0.0579. The summed E-state index contributed by atoms with van der Waals surface area (Å²) in [7, 11) is 0. The number of halogens is 1. The van der Waals surface area contributed by atoms with Gasteiger partial charge in [-0.2, -0.15) is 5.10 Å². The van der Waals surface area contributed by atoms with E-state index < -0.39 is 4.92 Å². The van der Waals surface area contributed by atoms with Crippen LogP contribution in [-0.4, -0.2) is 32.6 Å². The van der Waals surface area contributed by atoms with Gasteiger partial charge in [-0.05, 0) is 25.5 Å². The molecule has 116 valence electrons. The van der Waals surface area contributed by atoms with E-state index in [2.05, 4.69) is 20.5 Å². The number of benzene rings is 1. The van der Waals surface area contributed by atoms with Crippen LogP contribution in [-0.2, 0) is 6.42 Å². The van der Waals surface area contributed by atoms with Crippen LogP contribution in [0.2, 0.25) is 5.02 Å². The quantitative estimate of drug-likeness (QED) is 0.479. The minimum atomic E-state index is -0.594. The summed E-state index contributed by atoms with van der Waals surface area (Å²) in [6.07, 6.45) is 1.33. The highest BCUT2D eigenvalue weighted by Gasteiger charge is 2.15. The molecule has 1 aromatic carbocycles. The second-order valence-corrected chi connectivity index (χ2v) is 5.03. The zero-order valence-corrected chi connectivity index (χ0v) is 12.6. The van der Waals surface area contributed by atoms with Crippen molar-refractivity contribution in [3.05, 3.63) is 50.5 Å². The molecule has 1 heterocycles. The Morgan fingerprint density at radius 1 is 1.50 bits per heavy atom. The normalized spacial score (nSPS) is 10.5. The van der Waals surface area contributed by atoms with E-state index in [1.54, 1.807) is 0 Å². The molecule has 1 amide bonds. The lowest BCUT2D eigenvalue weighted by atomic mass is 10.2. The van der Waals surface area contributed by atoms with E-state index in [0.717, 1.165) is 5.82 Å². The number of aryl methyl sites for hydroxylation is 2. The van der Waals surface area contributed by atoms with Crippen LogP contribution in [0.25, 0.3) is 0 Å². The molecule has 0 aliphatic carbocycles. The van der Waals surface area contributed by atoms with E-state index in [1.807, 2.05) is 6.92 Å². The third-order valence-electron chi connectivity index (χ3n) is 2.91. The van der Waals surface area contributed by atoms with Gasteiger partial charge in [-0.1, -0.05) is 11.6 Å². The van der Waals surface area contributed by atoms with Crippen molar-refractivity contribution in [3.63, 3.8) is 0 Å². The van der Waals surface area contributed by atoms with Crippen LogP contribution in [0.1, 0.15) is 28.4 Å². The van der Waals surface area contributed by atoms with Crippen LogP contribution in [0.5, 0.6) is 0 Å². The lowest BCUT2D eigenvalue weighted by Gasteiger charge is -2.05. The number of hydrogen-bond donors (Lipinski definition) is 2. The molecular formula is C13H14ClN5O3. The van der Waals surface area contributed by atoms with Gasteiger partial charge in [0.25, 0.3) is 11.6 Å². The molecule has 8 nitrogen and oxygen atoms in total. The minimum absolute atomic E-state index is 0.0613. The third kappa shape index (κ3) is 4.01. The number of nitrogens with zero attached hydrogens (tertiary/aromatic N) is 3. The summed E-state index contributed by atoms with van der Waals surface area (Å²) in [6.45, 7) is 2.26. The van der Waals surface area contributed by atoms with Crippen molar-refractivity contribution in [2.45, 2.75) is 19.8 Å². The highest BCUT2D eigenvalue weighted by Crippen LogP contribution is 2.24. The van der Waals surface area contributed by atoms with Crippen LogP contribution in [0.4, 0.5) is 5.69 Å². The van der Waals surface area contributed by atoms with Gasteiger partial charge in [-0.3, -0.25) is 20.0 Å². The molecule has 0 unspecified atom stereocenters. The Labute approximate surface area is 131 Å². The molecule has 0 saturated carbocycles. The first kappa shape index (κ1) is 15.9. The van der Waals surface area contributed by atoms with E-state index in [9.17, 15) is 14.9 Å². The fourth-order valence-corrected chi connectivity index (χ4v) is 2.10. The number of aromatic amines is 1. The Morgan fingerprint density at radius 2 is 2.27 bits per heavy atom. The predicted octanol–water partition coefficient (Wildman–Crippen LogP) is 2.04. The van der Waals surface area contributed by atoms with Crippen LogP contribution in [0, 0.1) is 17.0 Å². The number of hydrogen-bond acceptors (Lipinski definition) is 5. The number of nitro benzene ring substituents is 1. The van der Waals surface area contributed by atoms with Crippen molar-refractivity contribution < 1.29 is 9.72 Å². The zero-order chi connectivity index (χ0) is 16.1. The number of aromatic nitrogens is 3. The van der Waals surface area contributed by atoms with E-state index in [0.29, 0.717) is 25.2 Å². The van der Waals surface area contributed by atoms with Gasteiger partial charge in [0, 0.05) is 24.6 Å². The molecule has 0 aliphatic heterocycles. The number of amides is 1. The number of nitro groups is 1. The molecule has 2 aromatic rings. The van der Waals surface area contributed by atoms with E-state index >= 15 is 0 Å². The van der Waals surface area contributed by atoms with Gasteiger partial charge in [0.1, 0.15) is 10.8 Å². The SMILES string of the molecule is Cc1nc(CCCNC(=O)c2ccc([N+](=O)[O-])c(Cl)c2)n[nH]1. The number of nitrogens with one attached hydrogen (secondary N) is 2. The molecule has 9 heteroatoms. The summed E-state index contributed by atoms with van der Waals surface area (Å²) in [5.74, 6) is 1.12. The summed E-state index contributed by atoms with van der Waals surface area (Å²) < 4.78 is 0. The first-order valence-corrected chi connectivity index (χ1v) is 6.95. The maximum atomic E-state index is 11.9. The lowest BCUT2D eigenvalue weighted by molar-refractivity contribution is -0.384. The predicted molar refractivity (Wildman–Crippen MR) is 79.9 cm³/mol. The van der Waals surface area contributed by atoms with Gasteiger partial charge in [0.15, 0.2) is 5.82 Å². The van der Waals surface area contributed by atoms with Crippen molar-refractivity contribution in [1.29, 1.82) is 0 Å². The standard InChI is InChI=1S/C13H14ClN5O3/c1-8-16-12(18-17-8)3-2-6-15-13(20)9-4-5-11(19(21)22)10(14)7-9/h4-5,7H,2-3,6H2,1H3,(H,15,20)(H,16,17,18). The summed E-state index contributed by atoms with van der Waals surface area (Å²) >= 11 is 5.77. The fraction of sp³-hybridized carbons (Fsp3) is 0.308. The highest BCUT2D eigenvalue weighted by molar-refractivity contribution is 6.33. The first-order chi connectivity index (χ1) is 10.5. The van der Waals surface area contributed by atoms with E-state index in [1.165, 1.54) is 18.2 Å². The Balaban J connectivity index is 1.84. The van der Waals surface area contributed by atoms with Crippen molar-refractivity contribution in [2.75, 3.05) is 6.54 Å². The number of carbonyl (C=O) groups is 1. The van der Waals surface area contributed by atoms with E-state index in [-0.39, 0.29) is 22.2 Å². The summed E-state index contributed by atoms with van der Waals surface area (Å²) in [5, 5.41) is 20.1. The molecule has 0 bridgehead atoms. The molecule has 0 aliphatic rings. The number of H-pyrrole nitrogens is 1. The second kappa shape index (κ2) is 6.99. The molecule has 2 rings (SSSR count). The molecule has 0 saturated heterocycles. The van der Waals surface area contributed by atoms with Crippen molar-refractivity contribution >= 4 is 23.2 Å². The third-order valence-corrected chi connectivity index (χ3v) is 3.22. The van der Waals surface area contributed by atoms with Crippen LogP contribution in [0.3, 0.4) is 0 Å². The fourth-order valence-electron chi connectivity index (χ4n) is 1.85. The van der Waals surface area contributed by atoms with Gasteiger partial charge in [-0.25, -0.2) is 4.98 Å². The summed E-state index contributed by atoms with van der Waals surface area (Å²) in [6, 6.07) is 3.87. The van der Waals surface area contributed by atoms with Crippen molar-refractivity contribution in [3.8, 4) is 0 Å². The summed E-state index contributed by atoms with van der Waals surface area (Å²) in [4.78, 5) is 26.1. The number of carbonyl (C=O) groups excluding carboxylic acids is 1. The molecule has 22 heavy (non-hydrogen) atoms. The van der Waals surface area contributed by atoms with Crippen molar-refractivity contribution in [2.24, 2.45) is 0 Å². The topological polar surface area (TPSA) is 114 Å². The molecule has 1 aromatic heterocycles. The maximum Gasteiger partial charge on any atom is 0.287 e. The second-order valence-electron chi connectivity index (χ2n) is 4.62. The average molecular weight is 324 g/mol. The van der Waals surface area contributed by atoms with Gasteiger partial charge in [0.2, 0.25) is 0 Å². The van der Waals surface area contributed by atoms with Gasteiger partial charge in [-0.15, -0.1) is 0 Å². The van der Waals surface area contributed by atoms with Gasteiger partial charge in [0.05, 0.1) is 4.92 Å². The van der Waals surface area contributed by atoms with E-state index in [4.69, 9.17) is 11.6 Å². The Hall–Kier alpha value is -2.48. The molecular weight excluding hydrogens is 310 g/mol. The largest absolute Gasteiger partial charge is 0.352 e. The molecule has 0 fully saturated rings. The van der Waals surface area contributed by atoms with Gasteiger partial charge >= 0.3 is 0 Å². The van der Waals surface area contributed by atoms with Gasteiger partial charge < -0.3 is 5.32 Å². The molecule has 0 atom stereocenters. The Kier molecular flexibility index (Phi) is 5.05. The maximum absolute atomic E-state index is 11.9. The average Bonchev–Trinajstić information content (AvgIpc) is 2.88. The van der Waals surface area contributed by atoms with Crippen LogP contribution < -0.4 is 5.32 Å². The van der Waals surface area contributed by atoms with Crippen LogP contribution in [0.15, 0.2) is 18.2 Å². The Morgan fingerprint density at radius 3 is 2.86 bits per heavy atom. The van der Waals surface area contributed by atoms with Crippen LogP contribution >= 0.6 is 11.6 Å². The number of rotatable bonds is 6. The zero-order valence-electron chi connectivity index (χ0n) is 11.8.